The van der Waals surface area contributed by atoms with Crippen molar-refractivity contribution in [1.29, 1.82) is 0 Å². The Balaban J connectivity index is 1.43. The van der Waals surface area contributed by atoms with Crippen LogP contribution in [0.2, 0.25) is 0 Å². The van der Waals surface area contributed by atoms with Crippen molar-refractivity contribution >= 4 is 15.9 Å². The lowest BCUT2D eigenvalue weighted by Gasteiger charge is -2.26. The van der Waals surface area contributed by atoms with Gasteiger partial charge in [-0.1, -0.05) is 6.07 Å². The van der Waals surface area contributed by atoms with E-state index in [0.717, 1.165) is 31.6 Å². The summed E-state index contributed by atoms with van der Waals surface area (Å²) in [5.74, 6) is 0.751. The summed E-state index contributed by atoms with van der Waals surface area (Å²) in [5, 5.41) is 0. The topological polar surface area (TPSA) is 60.9 Å². The van der Waals surface area contributed by atoms with Crippen molar-refractivity contribution in [2.24, 2.45) is 5.92 Å². The highest BCUT2D eigenvalue weighted by molar-refractivity contribution is 7.89. The van der Waals surface area contributed by atoms with Crippen LogP contribution in [0.5, 0.6) is 0 Å². The monoisotopic (exact) mass is 445 g/mol. The number of nitrogens with zero attached hydrogens (tertiary/aromatic N) is 3. The molecule has 0 aromatic heterocycles. The lowest BCUT2D eigenvalue weighted by atomic mass is 10.2. The second-order valence-corrected chi connectivity index (χ2v) is 10.3. The fraction of sp³-hybridized carbons (Fsp3) is 0.650. The third-order valence-electron chi connectivity index (χ3n) is 6.17. The number of carbonyl (C=O) groups is 1. The molecule has 6 nitrogen and oxygen atoms in total. The smallest absolute Gasteiger partial charge is 0.341 e. The summed E-state index contributed by atoms with van der Waals surface area (Å²) in [6.07, 6.45) is -0.964. The van der Waals surface area contributed by atoms with Crippen LogP contribution in [0.15, 0.2) is 29.2 Å². The molecule has 3 aliphatic rings. The summed E-state index contributed by atoms with van der Waals surface area (Å²) in [6, 6.07) is 3.64. The molecule has 1 aromatic rings. The van der Waals surface area contributed by atoms with E-state index in [0.29, 0.717) is 31.5 Å². The number of alkyl halides is 3. The van der Waals surface area contributed by atoms with Crippen molar-refractivity contribution in [3.8, 4) is 0 Å². The Morgan fingerprint density at radius 3 is 2.47 bits per heavy atom. The van der Waals surface area contributed by atoms with Gasteiger partial charge < -0.3 is 4.90 Å². The van der Waals surface area contributed by atoms with E-state index in [1.54, 1.807) is 0 Å². The van der Waals surface area contributed by atoms with Crippen LogP contribution in [0.4, 0.5) is 13.2 Å². The molecule has 1 aromatic carbocycles. The van der Waals surface area contributed by atoms with Crippen molar-refractivity contribution in [3.05, 3.63) is 29.8 Å². The Kier molecular flexibility index (Phi) is 5.84. The summed E-state index contributed by atoms with van der Waals surface area (Å²) >= 11 is 0. The second kappa shape index (κ2) is 8.12. The Morgan fingerprint density at radius 2 is 1.77 bits per heavy atom. The van der Waals surface area contributed by atoms with E-state index in [2.05, 4.69) is 0 Å². The van der Waals surface area contributed by atoms with Gasteiger partial charge in [0.1, 0.15) is 0 Å². The molecule has 10 heteroatoms. The van der Waals surface area contributed by atoms with Gasteiger partial charge in [-0.25, -0.2) is 8.42 Å². The van der Waals surface area contributed by atoms with Crippen LogP contribution < -0.4 is 0 Å². The zero-order chi connectivity index (χ0) is 21.5. The number of hydrogen-bond acceptors (Lipinski definition) is 4. The molecule has 1 aliphatic carbocycles. The lowest BCUT2D eigenvalue weighted by Crippen LogP contribution is -2.44. The van der Waals surface area contributed by atoms with Crippen LogP contribution in [0.25, 0.3) is 0 Å². The van der Waals surface area contributed by atoms with Crippen molar-refractivity contribution in [3.63, 3.8) is 0 Å². The van der Waals surface area contributed by atoms with Gasteiger partial charge in [0.05, 0.1) is 16.5 Å². The number of likely N-dealkylation sites (tertiary alicyclic amines) is 1. The van der Waals surface area contributed by atoms with Gasteiger partial charge in [0.2, 0.25) is 15.9 Å². The van der Waals surface area contributed by atoms with Gasteiger partial charge in [0.15, 0.2) is 0 Å². The van der Waals surface area contributed by atoms with Crippen LogP contribution in [0.3, 0.4) is 0 Å². The van der Waals surface area contributed by atoms with E-state index >= 15 is 0 Å². The van der Waals surface area contributed by atoms with E-state index in [1.165, 1.54) is 23.2 Å². The maximum absolute atomic E-state index is 13.0. The number of halogens is 3. The first-order valence-corrected chi connectivity index (χ1v) is 11.8. The summed E-state index contributed by atoms with van der Waals surface area (Å²) in [7, 11) is -4.04. The maximum atomic E-state index is 13.0. The Labute approximate surface area is 174 Å². The van der Waals surface area contributed by atoms with Gasteiger partial charge in [-0.2, -0.15) is 17.5 Å². The average Bonchev–Trinajstić information content (AvgIpc) is 3.48. The maximum Gasteiger partial charge on any atom is 0.416 e. The molecule has 0 bridgehead atoms. The van der Waals surface area contributed by atoms with Crippen molar-refractivity contribution in [1.82, 2.24) is 14.1 Å². The highest BCUT2D eigenvalue weighted by atomic mass is 32.2. The Hall–Kier alpha value is -1.65. The number of benzene rings is 1. The van der Waals surface area contributed by atoms with Crippen LogP contribution in [-0.2, 0) is 21.0 Å². The summed E-state index contributed by atoms with van der Waals surface area (Å²) in [4.78, 5) is 16.4. The zero-order valence-electron chi connectivity index (χ0n) is 16.6. The van der Waals surface area contributed by atoms with Gasteiger partial charge in [0.25, 0.3) is 0 Å². The third kappa shape index (κ3) is 4.50. The molecule has 0 radical (unpaired) electrons. The number of carbonyl (C=O) groups excluding carboxylic acids is 1. The quantitative estimate of drug-likeness (QED) is 0.699. The van der Waals surface area contributed by atoms with E-state index in [1.807, 2.05) is 9.80 Å². The Bertz CT molecular complexity index is 902. The molecule has 3 fully saturated rings. The van der Waals surface area contributed by atoms with E-state index in [9.17, 15) is 26.4 Å². The van der Waals surface area contributed by atoms with Gasteiger partial charge in [-0.3, -0.25) is 9.69 Å². The van der Waals surface area contributed by atoms with Crippen LogP contribution in [0, 0.1) is 5.92 Å². The molecule has 2 heterocycles. The predicted octanol–water partition coefficient (Wildman–Crippen LogP) is 2.41. The molecule has 4 rings (SSSR count). The van der Waals surface area contributed by atoms with E-state index < -0.39 is 21.8 Å². The van der Waals surface area contributed by atoms with Crippen LogP contribution in [0.1, 0.15) is 31.2 Å². The molecule has 30 heavy (non-hydrogen) atoms. The minimum atomic E-state index is -4.60. The molecule has 2 aliphatic heterocycles. The van der Waals surface area contributed by atoms with Crippen LogP contribution >= 0.6 is 0 Å². The largest absolute Gasteiger partial charge is 0.416 e. The molecule has 1 saturated carbocycles. The average molecular weight is 446 g/mol. The molecular weight excluding hydrogens is 419 g/mol. The zero-order valence-corrected chi connectivity index (χ0v) is 17.5. The van der Waals surface area contributed by atoms with Crippen molar-refractivity contribution < 1.29 is 26.4 Å². The molecule has 0 N–H and O–H groups in total. The fourth-order valence-electron chi connectivity index (χ4n) is 4.30. The number of rotatable bonds is 5. The normalized spacial score (nSPS) is 25.0. The number of hydrogen-bond donors (Lipinski definition) is 0. The first-order chi connectivity index (χ1) is 14.2. The van der Waals surface area contributed by atoms with Crippen LogP contribution in [-0.4, -0.2) is 73.7 Å². The summed E-state index contributed by atoms with van der Waals surface area (Å²) in [6.45, 7) is 2.93. The van der Waals surface area contributed by atoms with Gasteiger partial charge in [-0.15, -0.1) is 0 Å². The highest BCUT2D eigenvalue weighted by Gasteiger charge is 2.39. The SMILES string of the molecule is O=C1[C@H](N2CCCN(S(=O)(=O)c3cccc(C(F)(F)F)c3)CC2)CCN1CC1CC1. The summed E-state index contributed by atoms with van der Waals surface area (Å²) in [5.41, 5.74) is -0.979. The first kappa shape index (κ1) is 21.6. The molecule has 2 saturated heterocycles. The Morgan fingerprint density at radius 1 is 1.00 bits per heavy atom. The first-order valence-electron chi connectivity index (χ1n) is 10.4. The minimum Gasteiger partial charge on any atom is -0.341 e. The third-order valence-corrected chi connectivity index (χ3v) is 8.07. The van der Waals surface area contributed by atoms with E-state index in [-0.39, 0.29) is 29.9 Å². The standard InChI is InChI=1S/C20H26F3N3O3S/c21-20(22,23)16-3-1-4-17(13-16)30(28,29)26-9-2-8-24(11-12-26)18-7-10-25(19(18)27)14-15-5-6-15/h1,3-4,13,15,18H,2,5-12,14H2/t18-/m1/s1. The van der Waals surface area contributed by atoms with Gasteiger partial charge in [-0.05, 0) is 49.8 Å². The van der Waals surface area contributed by atoms with Crippen molar-refractivity contribution in [2.45, 2.75) is 42.8 Å². The number of sulfonamides is 1. The van der Waals surface area contributed by atoms with Gasteiger partial charge >= 0.3 is 6.18 Å². The lowest BCUT2D eigenvalue weighted by molar-refractivity contribution is -0.137. The van der Waals surface area contributed by atoms with E-state index in [4.69, 9.17) is 0 Å². The minimum absolute atomic E-state index is 0.121. The molecule has 0 unspecified atom stereocenters. The molecule has 166 valence electrons. The fourth-order valence-corrected chi connectivity index (χ4v) is 5.82. The molecule has 1 amide bonds. The highest BCUT2D eigenvalue weighted by Crippen LogP contribution is 2.33. The molecular formula is C20H26F3N3O3S. The predicted molar refractivity (Wildman–Crippen MR) is 104 cm³/mol. The van der Waals surface area contributed by atoms with Gasteiger partial charge in [0, 0.05) is 39.3 Å². The summed E-state index contributed by atoms with van der Waals surface area (Å²) < 4.78 is 66.1. The number of amides is 1. The van der Waals surface area contributed by atoms with Crippen molar-refractivity contribution in [2.75, 3.05) is 39.3 Å². The second-order valence-electron chi connectivity index (χ2n) is 8.35. The molecule has 0 spiro atoms. The molecule has 1 atom stereocenters.